The fourth-order valence-electron chi connectivity index (χ4n) is 2.46. The van der Waals surface area contributed by atoms with Crippen molar-refractivity contribution in [2.24, 2.45) is 5.92 Å². The van der Waals surface area contributed by atoms with E-state index in [1.165, 1.54) is 6.07 Å². The molecule has 5 nitrogen and oxygen atoms in total. The zero-order valence-corrected chi connectivity index (χ0v) is 13.5. The summed E-state index contributed by atoms with van der Waals surface area (Å²) in [6.07, 6.45) is 3.19. The van der Waals surface area contributed by atoms with Crippen LogP contribution >= 0.6 is 15.9 Å². The van der Waals surface area contributed by atoms with Gasteiger partial charge in [-0.1, -0.05) is 28.8 Å². The fraction of sp³-hybridized carbons (Fsp3) is 0.538. The van der Waals surface area contributed by atoms with Gasteiger partial charge < -0.3 is 10.8 Å². The molecule has 4 N–H and O–H groups in total. The Morgan fingerprint density at radius 2 is 2.05 bits per heavy atom. The summed E-state index contributed by atoms with van der Waals surface area (Å²) in [5.41, 5.74) is 5.94. The molecule has 0 bridgehead atoms. The highest BCUT2D eigenvalue weighted by Gasteiger charge is 2.25. The van der Waals surface area contributed by atoms with Crippen molar-refractivity contribution >= 4 is 31.6 Å². The second kappa shape index (κ2) is 6.43. The van der Waals surface area contributed by atoms with Crippen molar-refractivity contribution in [1.82, 2.24) is 4.72 Å². The van der Waals surface area contributed by atoms with Gasteiger partial charge in [0.05, 0.1) is 11.8 Å². The van der Waals surface area contributed by atoms with E-state index in [4.69, 9.17) is 5.73 Å². The lowest BCUT2D eigenvalue weighted by molar-refractivity contribution is 0.0724. The summed E-state index contributed by atoms with van der Waals surface area (Å²) in [6, 6.07) is 4.72. The molecule has 1 saturated carbocycles. The van der Waals surface area contributed by atoms with Crippen LogP contribution in [0.1, 0.15) is 25.7 Å². The van der Waals surface area contributed by atoms with Crippen LogP contribution < -0.4 is 10.5 Å². The fourth-order valence-corrected chi connectivity index (χ4v) is 4.22. The Balaban J connectivity index is 2.09. The van der Waals surface area contributed by atoms with Gasteiger partial charge >= 0.3 is 0 Å². The highest BCUT2D eigenvalue weighted by molar-refractivity contribution is 9.10. The minimum absolute atomic E-state index is 0.0214. The summed E-state index contributed by atoms with van der Waals surface area (Å²) in [7, 11) is -3.65. The van der Waals surface area contributed by atoms with E-state index >= 15 is 0 Å². The molecule has 2 rings (SSSR count). The van der Waals surface area contributed by atoms with Gasteiger partial charge in [0.2, 0.25) is 10.0 Å². The van der Waals surface area contributed by atoms with Crippen molar-refractivity contribution in [1.29, 1.82) is 0 Å². The molecule has 1 aromatic rings. The first-order valence-electron chi connectivity index (χ1n) is 6.63. The summed E-state index contributed by atoms with van der Waals surface area (Å²) in [6.45, 7) is 0.245. The number of halogens is 1. The van der Waals surface area contributed by atoms with E-state index in [2.05, 4.69) is 20.7 Å². The van der Waals surface area contributed by atoms with Crippen LogP contribution in [0.4, 0.5) is 5.69 Å². The van der Waals surface area contributed by atoms with Gasteiger partial charge in [-0.05, 0) is 37.0 Å². The Morgan fingerprint density at radius 1 is 1.35 bits per heavy atom. The van der Waals surface area contributed by atoms with E-state index in [9.17, 15) is 13.5 Å². The molecular weight excluding hydrogens is 344 g/mol. The van der Waals surface area contributed by atoms with Crippen molar-refractivity contribution in [2.75, 3.05) is 12.3 Å². The topological polar surface area (TPSA) is 92.4 Å². The molecule has 0 spiro atoms. The molecule has 0 heterocycles. The number of anilines is 1. The van der Waals surface area contributed by atoms with Gasteiger partial charge in [0.15, 0.2) is 0 Å². The number of sulfonamides is 1. The van der Waals surface area contributed by atoms with Gasteiger partial charge in [-0.3, -0.25) is 0 Å². The van der Waals surface area contributed by atoms with Crippen molar-refractivity contribution in [3.63, 3.8) is 0 Å². The first-order chi connectivity index (χ1) is 9.40. The Morgan fingerprint density at radius 3 is 2.75 bits per heavy atom. The monoisotopic (exact) mass is 362 g/mol. The van der Waals surface area contributed by atoms with Crippen LogP contribution in [0.15, 0.2) is 27.6 Å². The third-order valence-electron chi connectivity index (χ3n) is 3.67. The number of nitrogens with two attached hydrogens (primary N) is 1. The molecule has 0 amide bonds. The normalized spacial score (nSPS) is 23.7. The van der Waals surface area contributed by atoms with E-state index in [0.717, 1.165) is 25.7 Å². The van der Waals surface area contributed by atoms with Gasteiger partial charge in [0.25, 0.3) is 0 Å². The molecule has 2 unspecified atom stereocenters. The summed E-state index contributed by atoms with van der Waals surface area (Å²) in [5.74, 6) is -0.0214. The quantitative estimate of drug-likeness (QED) is 0.712. The molecule has 1 fully saturated rings. The lowest BCUT2D eigenvalue weighted by Crippen LogP contribution is -2.36. The Bertz CT molecular complexity index is 577. The van der Waals surface area contributed by atoms with Gasteiger partial charge in [-0.25, -0.2) is 13.1 Å². The molecule has 20 heavy (non-hydrogen) atoms. The molecule has 112 valence electrons. The standard InChI is InChI=1S/C13H19BrN2O3S/c14-10-5-6-11(15)13(7-10)20(18,19)16-8-9-3-1-2-4-12(9)17/h5-7,9,12,16-17H,1-4,8,15H2. The summed E-state index contributed by atoms with van der Waals surface area (Å²) in [5, 5.41) is 9.87. The minimum atomic E-state index is -3.65. The summed E-state index contributed by atoms with van der Waals surface area (Å²) in [4.78, 5) is 0.0668. The van der Waals surface area contributed by atoms with Crippen LogP contribution in [0.25, 0.3) is 0 Å². The Hall–Kier alpha value is -0.630. The van der Waals surface area contributed by atoms with Gasteiger partial charge in [0.1, 0.15) is 4.90 Å². The van der Waals surface area contributed by atoms with Crippen molar-refractivity contribution in [3.05, 3.63) is 22.7 Å². The highest BCUT2D eigenvalue weighted by Crippen LogP contribution is 2.26. The molecule has 1 aromatic carbocycles. The maximum Gasteiger partial charge on any atom is 0.242 e. The highest BCUT2D eigenvalue weighted by atomic mass is 79.9. The average Bonchev–Trinajstić information content (AvgIpc) is 2.40. The first kappa shape index (κ1) is 15.8. The second-order valence-electron chi connectivity index (χ2n) is 5.15. The third-order valence-corrected chi connectivity index (χ3v) is 5.64. The molecule has 2 atom stereocenters. The molecule has 0 radical (unpaired) electrons. The number of hydrogen-bond acceptors (Lipinski definition) is 4. The lowest BCUT2D eigenvalue weighted by Gasteiger charge is -2.27. The molecule has 0 aliphatic heterocycles. The third kappa shape index (κ3) is 3.72. The average molecular weight is 363 g/mol. The number of benzene rings is 1. The van der Waals surface area contributed by atoms with E-state index in [0.29, 0.717) is 4.47 Å². The summed E-state index contributed by atoms with van der Waals surface area (Å²) < 4.78 is 27.7. The van der Waals surface area contributed by atoms with Crippen LogP contribution in [0.5, 0.6) is 0 Å². The largest absolute Gasteiger partial charge is 0.398 e. The van der Waals surface area contributed by atoms with Gasteiger partial charge in [-0.15, -0.1) is 0 Å². The molecule has 0 aromatic heterocycles. The number of rotatable bonds is 4. The molecule has 7 heteroatoms. The Labute approximate surface area is 127 Å². The first-order valence-corrected chi connectivity index (χ1v) is 8.90. The SMILES string of the molecule is Nc1ccc(Br)cc1S(=O)(=O)NCC1CCCCC1O. The predicted molar refractivity (Wildman–Crippen MR) is 81.7 cm³/mol. The molecule has 1 aliphatic rings. The van der Waals surface area contributed by atoms with Crippen molar-refractivity contribution < 1.29 is 13.5 Å². The number of nitrogens with one attached hydrogen (secondary N) is 1. The Kier molecular flexibility index (Phi) is 5.06. The van der Waals surface area contributed by atoms with E-state index in [1.54, 1.807) is 12.1 Å². The number of aliphatic hydroxyl groups excluding tert-OH is 1. The van der Waals surface area contributed by atoms with E-state index in [-0.39, 0.29) is 23.0 Å². The van der Waals surface area contributed by atoms with Crippen LogP contribution in [0, 0.1) is 5.92 Å². The van der Waals surface area contributed by atoms with E-state index in [1.807, 2.05) is 0 Å². The lowest BCUT2D eigenvalue weighted by atomic mass is 9.87. The number of nitrogen functional groups attached to an aromatic ring is 1. The smallest absolute Gasteiger partial charge is 0.242 e. The maximum atomic E-state index is 12.3. The van der Waals surface area contributed by atoms with Crippen LogP contribution in [-0.2, 0) is 10.0 Å². The maximum absolute atomic E-state index is 12.3. The number of aliphatic hydroxyl groups is 1. The molecule has 1 aliphatic carbocycles. The van der Waals surface area contributed by atoms with Crippen molar-refractivity contribution in [3.8, 4) is 0 Å². The number of hydrogen-bond donors (Lipinski definition) is 3. The zero-order valence-electron chi connectivity index (χ0n) is 11.0. The molecular formula is C13H19BrN2O3S. The van der Waals surface area contributed by atoms with Gasteiger partial charge in [0, 0.05) is 11.0 Å². The zero-order chi connectivity index (χ0) is 14.8. The van der Waals surface area contributed by atoms with Crippen LogP contribution in [-0.4, -0.2) is 26.2 Å². The molecule has 0 saturated heterocycles. The van der Waals surface area contributed by atoms with E-state index < -0.39 is 16.1 Å². The summed E-state index contributed by atoms with van der Waals surface area (Å²) >= 11 is 3.24. The second-order valence-corrected chi connectivity index (χ2v) is 7.80. The van der Waals surface area contributed by atoms with Crippen LogP contribution in [0.2, 0.25) is 0 Å². The van der Waals surface area contributed by atoms with Gasteiger partial charge in [-0.2, -0.15) is 0 Å². The van der Waals surface area contributed by atoms with Crippen LogP contribution in [0.3, 0.4) is 0 Å². The predicted octanol–water partition coefficient (Wildman–Crippen LogP) is 1.86. The minimum Gasteiger partial charge on any atom is -0.398 e. The van der Waals surface area contributed by atoms with Crippen molar-refractivity contribution in [2.45, 2.75) is 36.7 Å².